The van der Waals surface area contributed by atoms with Crippen molar-refractivity contribution in [1.29, 1.82) is 0 Å². The summed E-state index contributed by atoms with van der Waals surface area (Å²) >= 11 is 0. The van der Waals surface area contributed by atoms with Gasteiger partial charge in [0.1, 0.15) is 0 Å². The fourth-order valence-electron chi connectivity index (χ4n) is 2.38. The van der Waals surface area contributed by atoms with Crippen LogP contribution in [-0.4, -0.2) is 60.6 Å². The monoisotopic (exact) mass is 286 g/mol. The number of aliphatic hydroxyl groups is 1. The molecular weight excluding hydrogens is 264 g/mol. The van der Waals surface area contributed by atoms with Gasteiger partial charge in [-0.1, -0.05) is 17.9 Å². The zero-order valence-corrected chi connectivity index (χ0v) is 12.5. The van der Waals surface area contributed by atoms with Crippen molar-refractivity contribution >= 4 is 5.91 Å². The van der Waals surface area contributed by atoms with Crippen LogP contribution in [0.15, 0.2) is 24.3 Å². The van der Waals surface area contributed by atoms with Gasteiger partial charge in [0.25, 0.3) is 5.91 Å². The van der Waals surface area contributed by atoms with Crippen LogP contribution in [0.3, 0.4) is 0 Å². The van der Waals surface area contributed by atoms with E-state index in [1.165, 1.54) is 0 Å². The van der Waals surface area contributed by atoms with Crippen LogP contribution in [0.2, 0.25) is 0 Å². The third kappa shape index (κ3) is 4.59. The summed E-state index contributed by atoms with van der Waals surface area (Å²) in [5.74, 6) is 5.94. The minimum absolute atomic E-state index is 0.0624. The molecule has 1 saturated heterocycles. The molecule has 1 N–H and O–H groups in total. The first-order chi connectivity index (χ1) is 10.2. The number of rotatable bonds is 2. The fraction of sp³-hybridized carbons (Fsp3) is 0.471. The van der Waals surface area contributed by atoms with Crippen LogP contribution in [0.5, 0.6) is 0 Å². The van der Waals surface area contributed by atoms with Gasteiger partial charge in [-0.2, -0.15) is 0 Å². The van der Waals surface area contributed by atoms with E-state index >= 15 is 0 Å². The summed E-state index contributed by atoms with van der Waals surface area (Å²) in [6.45, 7) is 3.60. The first-order valence-electron chi connectivity index (χ1n) is 7.38. The molecule has 1 aromatic carbocycles. The van der Waals surface area contributed by atoms with E-state index in [0.29, 0.717) is 12.0 Å². The van der Waals surface area contributed by atoms with Crippen molar-refractivity contribution in [3.8, 4) is 11.8 Å². The predicted molar refractivity (Wildman–Crippen MR) is 83.0 cm³/mol. The Balaban J connectivity index is 2.08. The molecule has 0 unspecified atom stereocenters. The summed E-state index contributed by atoms with van der Waals surface area (Å²) in [4.78, 5) is 16.7. The lowest BCUT2D eigenvalue weighted by molar-refractivity contribution is 0.0763. The third-order valence-electron chi connectivity index (χ3n) is 3.59. The highest BCUT2D eigenvalue weighted by Gasteiger charge is 2.18. The van der Waals surface area contributed by atoms with E-state index in [-0.39, 0.29) is 12.5 Å². The lowest BCUT2D eigenvalue weighted by Crippen LogP contribution is -2.34. The molecule has 4 heteroatoms. The Morgan fingerprint density at radius 2 is 2.14 bits per heavy atom. The number of nitrogens with zero attached hydrogens (tertiary/aromatic N) is 2. The van der Waals surface area contributed by atoms with Crippen LogP contribution in [-0.2, 0) is 0 Å². The van der Waals surface area contributed by atoms with Gasteiger partial charge in [-0.05, 0) is 38.2 Å². The van der Waals surface area contributed by atoms with Gasteiger partial charge >= 0.3 is 0 Å². The molecule has 1 amide bonds. The minimum Gasteiger partial charge on any atom is -0.395 e. The van der Waals surface area contributed by atoms with Crippen LogP contribution >= 0.6 is 0 Å². The second-order valence-corrected chi connectivity index (χ2v) is 5.31. The van der Waals surface area contributed by atoms with E-state index in [0.717, 1.165) is 38.2 Å². The summed E-state index contributed by atoms with van der Waals surface area (Å²) in [5, 5.41) is 8.74. The van der Waals surface area contributed by atoms with Gasteiger partial charge in [0.15, 0.2) is 0 Å². The van der Waals surface area contributed by atoms with E-state index in [1.54, 1.807) is 0 Å². The molecule has 21 heavy (non-hydrogen) atoms. The summed E-state index contributed by atoms with van der Waals surface area (Å²) in [5.41, 5.74) is 1.51. The first kappa shape index (κ1) is 15.6. The predicted octanol–water partition coefficient (Wildman–Crippen LogP) is 1.20. The third-order valence-corrected chi connectivity index (χ3v) is 3.59. The second kappa shape index (κ2) is 7.82. The summed E-state index contributed by atoms with van der Waals surface area (Å²) in [6, 6.07) is 7.42. The number of likely N-dealkylation sites (N-methyl/N-ethyl adjacent to an activating group) is 1. The Hall–Kier alpha value is -1.83. The Kier molecular flexibility index (Phi) is 5.79. The molecule has 1 heterocycles. The Morgan fingerprint density at radius 3 is 2.95 bits per heavy atom. The second-order valence-electron chi connectivity index (χ2n) is 5.31. The lowest BCUT2D eigenvalue weighted by atomic mass is 10.1. The minimum atomic E-state index is 0.0624. The first-order valence-corrected chi connectivity index (χ1v) is 7.38. The van der Waals surface area contributed by atoms with E-state index in [4.69, 9.17) is 5.11 Å². The van der Waals surface area contributed by atoms with E-state index in [2.05, 4.69) is 23.8 Å². The van der Waals surface area contributed by atoms with Gasteiger partial charge in [-0.25, -0.2) is 0 Å². The fourth-order valence-corrected chi connectivity index (χ4v) is 2.38. The number of amides is 1. The maximum atomic E-state index is 12.6. The van der Waals surface area contributed by atoms with Crippen molar-refractivity contribution in [1.82, 2.24) is 9.80 Å². The Bertz CT molecular complexity index is 545. The van der Waals surface area contributed by atoms with Crippen molar-refractivity contribution in [2.45, 2.75) is 12.8 Å². The highest BCUT2D eigenvalue weighted by atomic mass is 16.2. The standard InChI is InChI=1S/C17H22N2O2/c1-18-9-5-10-19(12-11-18)17(21)16-8-4-7-15(14-16)6-2-3-13-20/h4,7-8,14,20H,3,5,9-13H2,1H3. The molecule has 112 valence electrons. The molecule has 0 atom stereocenters. The van der Waals surface area contributed by atoms with Crippen molar-refractivity contribution in [2.24, 2.45) is 0 Å². The highest BCUT2D eigenvalue weighted by molar-refractivity contribution is 5.94. The molecule has 0 radical (unpaired) electrons. The van der Waals surface area contributed by atoms with Gasteiger partial charge < -0.3 is 14.9 Å². The van der Waals surface area contributed by atoms with Crippen molar-refractivity contribution in [3.05, 3.63) is 35.4 Å². The van der Waals surface area contributed by atoms with Crippen molar-refractivity contribution in [3.63, 3.8) is 0 Å². The normalized spacial score (nSPS) is 16.0. The molecule has 1 fully saturated rings. The number of carbonyl (C=O) groups is 1. The molecule has 1 aromatic rings. The maximum absolute atomic E-state index is 12.6. The van der Waals surface area contributed by atoms with E-state index in [9.17, 15) is 4.79 Å². The smallest absolute Gasteiger partial charge is 0.253 e. The topological polar surface area (TPSA) is 43.8 Å². The molecule has 0 aromatic heterocycles. The highest BCUT2D eigenvalue weighted by Crippen LogP contribution is 2.10. The molecule has 1 aliphatic rings. The summed E-state index contributed by atoms with van der Waals surface area (Å²) in [6.07, 6.45) is 1.47. The van der Waals surface area contributed by atoms with Gasteiger partial charge in [-0.3, -0.25) is 4.79 Å². The number of aliphatic hydroxyl groups excluding tert-OH is 1. The Labute approximate surface area is 126 Å². The molecular formula is C17H22N2O2. The summed E-state index contributed by atoms with van der Waals surface area (Å²) < 4.78 is 0. The molecule has 0 saturated carbocycles. The number of hydrogen-bond acceptors (Lipinski definition) is 3. The number of benzene rings is 1. The van der Waals surface area contributed by atoms with Crippen molar-refractivity contribution in [2.75, 3.05) is 39.8 Å². The quantitative estimate of drug-likeness (QED) is 0.831. The molecule has 4 nitrogen and oxygen atoms in total. The molecule has 2 rings (SSSR count). The zero-order chi connectivity index (χ0) is 15.1. The Morgan fingerprint density at radius 1 is 1.29 bits per heavy atom. The van der Waals surface area contributed by atoms with Gasteiger partial charge in [0, 0.05) is 37.2 Å². The van der Waals surface area contributed by atoms with Gasteiger partial charge in [0.05, 0.1) is 6.61 Å². The zero-order valence-electron chi connectivity index (χ0n) is 12.5. The van der Waals surface area contributed by atoms with Gasteiger partial charge in [0.2, 0.25) is 0 Å². The van der Waals surface area contributed by atoms with Crippen LogP contribution in [0, 0.1) is 11.8 Å². The molecule has 0 spiro atoms. The van der Waals surface area contributed by atoms with Crippen LogP contribution in [0.1, 0.15) is 28.8 Å². The summed E-state index contributed by atoms with van der Waals surface area (Å²) in [7, 11) is 2.09. The molecule has 1 aliphatic heterocycles. The van der Waals surface area contributed by atoms with Crippen LogP contribution in [0.4, 0.5) is 0 Å². The van der Waals surface area contributed by atoms with Gasteiger partial charge in [-0.15, -0.1) is 0 Å². The molecule has 0 aliphatic carbocycles. The maximum Gasteiger partial charge on any atom is 0.253 e. The number of carbonyl (C=O) groups excluding carboxylic acids is 1. The van der Waals surface area contributed by atoms with E-state index < -0.39 is 0 Å². The average Bonchev–Trinajstić information content (AvgIpc) is 2.72. The van der Waals surface area contributed by atoms with E-state index in [1.807, 2.05) is 29.2 Å². The van der Waals surface area contributed by atoms with Crippen LogP contribution in [0.25, 0.3) is 0 Å². The largest absolute Gasteiger partial charge is 0.395 e. The SMILES string of the molecule is CN1CCCN(C(=O)c2cccc(C#CCCO)c2)CC1. The van der Waals surface area contributed by atoms with Crippen LogP contribution < -0.4 is 0 Å². The number of hydrogen-bond donors (Lipinski definition) is 1. The lowest BCUT2D eigenvalue weighted by Gasteiger charge is -2.20. The average molecular weight is 286 g/mol. The molecule has 0 bridgehead atoms. The van der Waals surface area contributed by atoms with Crippen molar-refractivity contribution < 1.29 is 9.90 Å².